The number of sulfone groups is 1. The Kier molecular flexibility index (Phi) is 5.66. The molecule has 2 aromatic carbocycles. The molecule has 1 aliphatic heterocycles. The highest BCUT2D eigenvalue weighted by molar-refractivity contribution is 7.90. The molecule has 0 aliphatic carbocycles. The molecule has 0 radical (unpaired) electrons. The van der Waals surface area contributed by atoms with E-state index in [1.807, 2.05) is 24.0 Å². The third kappa shape index (κ3) is 4.27. The second-order valence-electron chi connectivity index (χ2n) is 7.13. The Bertz CT molecular complexity index is 1160. The van der Waals surface area contributed by atoms with Crippen molar-refractivity contribution >= 4 is 42.4 Å². The topological polar surface area (TPSA) is 79.8 Å². The predicted molar refractivity (Wildman–Crippen MR) is 118 cm³/mol. The maximum Gasteiger partial charge on any atom is 0.253 e. The molecule has 0 saturated carbocycles. The first-order valence-electron chi connectivity index (χ1n) is 9.73. The van der Waals surface area contributed by atoms with E-state index in [0.717, 1.165) is 21.1 Å². The fourth-order valence-corrected chi connectivity index (χ4v) is 5.18. The number of benzene rings is 2. The van der Waals surface area contributed by atoms with Gasteiger partial charge in [0, 0.05) is 38.0 Å². The number of piperazine rings is 1. The van der Waals surface area contributed by atoms with Gasteiger partial charge >= 0.3 is 0 Å². The predicted octanol–water partition coefficient (Wildman–Crippen LogP) is 3.06. The molecule has 30 heavy (non-hydrogen) atoms. The summed E-state index contributed by atoms with van der Waals surface area (Å²) in [5.41, 5.74) is 1.44. The first kappa shape index (κ1) is 20.6. The summed E-state index contributed by atoms with van der Waals surface area (Å²) in [7, 11) is -3.25. The molecule has 0 bridgehead atoms. The van der Waals surface area contributed by atoms with Gasteiger partial charge in [0.2, 0.25) is 0 Å². The lowest BCUT2D eigenvalue weighted by molar-refractivity contribution is 0.0746. The van der Waals surface area contributed by atoms with Gasteiger partial charge in [0.25, 0.3) is 5.91 Å². The van der Waals surface area contributed by atoms with Gasteiger partial charge in [-0.25, -0.2) is 13.4 Å². The lowest BCUT2D eigenvalue weighted by Crippen LogP contribution is -2.48. The van der Waals surface area contributed by atoms with Crippen molar-refractivity contribution in [2.45, 2.75) is 11.8 Å². The van der Waals surface area contributed by atoms with Crippen LogP contribution in [0.2, 0.25) is 0 Å². The van der Waals surface area contributed by atoms with Gasteiger partial charge in [-0.15, -0.1) is 0 Å². The van der Waals surface area contributed by atoms with Crippen LogP contribution in [0.4, 0.5) is 5.13 Å². The minimum atomic E-state index is -3.25. The summed E-state index contributed by atoms with van der Waals surface area (Å²) < 4.78 is 29.8. The Labute approximate surface area is 179 Å². The SMILES string of the molecule is CCOc1ccc(C(=O)N2CCN(c3nc4ccc(S(C)(=O)=O)cc4s3)CC2)cc1. The average Bonchev–Trinajstić information content (AvgIpc) is 3.17. The van der Waals surface area contributed by atoms with E-state index >= 15 is 0 Å². The van der Waals surface area contributed by atoms with Crippen LogP contribution in [0, 0.1) is 0 Å². The van der Waals surface area contributed by atoms with E-state index in [4.69, 9.17) is 4.74 Å². The number of hydrogen-bond donors (Lipinski definition) is 0. The number of hydrogen-bond acceptors (Lipinski definition) is 7. The van der Waals surface area contributed by atoms with Crippen LogP contribution >= 0.6 is 11.3 Å². The number of rotatable bonds is 5. The van der Waals surface area contributed by atoms with E-state index in [9.17, 15) is 13.2 Å². The van der Waals surface area contributed by atoms with Gasteiger partial charge in [-0.2, -0.15) is 0 Å². The van der Waals surface area contributed by atoms with E-state index in [-0.39, 0.29) is 5.91 Å². The monoisotopic (exact) mass is 445 g/mol. The second-order valence-corrected chi connectivity index (χ2v) is 10.2. The average molecular weight is 446 g/mol. The van der Waals surface area contributed by atoms with Crippen molar-refractivity contribution < 1.29 is 17.9 Å². The minimum Gasteiger partial charge on any atom is -0.494 e. The largest absolute Gasteiger partial charge is 0.494 e. The fourth-order valence-electron chi connectivity index (χ4n) is 3.40. The molecule has 1 amide bonds. The van der Waals surface area contributed by atoms with Crippen LogP contribution in [0.3, 0.4) is 0 Å². The molecule has 0 unspecified atom stereocenters. The number of nitrogens with zero attached hydrogens (tertiary/aromatic N) is 3. The number of ether oxygens (including phenoxy) is 1. The van der Waals surface area contributed by atoms with E-state index in [0.29, 0.717) is 43.2 Å². The molecular formula is C21H23N3O4S2. The number of fused-ring (bicyclic) bond motifs is 1. The van der Waals surface area contributed by atoms with E-state index < -0.39 is 9.84 Å². The third-order valence-corrected chi connectivity index (χ3v) is 7.22. The standard InChI is InChI=1S/C21H23N3O4S2/c1-3-28-16-6-4-15(5-7-16)20(25)23-10-12-24(13-11-23)21-22-18-9-8-17(30(2,26)27)14-19(18)29-21/h4-9,14H,3,10-13H2,1-2H3. The number of anilines is 1. The summed E-state index contributed by atoms with van der Waals surface area (Å²) in [6, 6.07) is 12.3. The van der Waals surface area contributed by atoms with Crippen molar-refractivity contribution in [2.75, 3.05) is 43.9 Å². The number of amides is 1. The lowest BCUT2D eigenvalue weighted by Gasteiger charge is -2.34. The zero-order chi connectivity index (χ0) is 21.3. The van der Waals surface area contributed by atoms with Crippen LogP contribution in [0.5, 0.6) is 5.75 Å². The Morgan fingerprint density at radius 3 is 2.43 bits per heavy atom. The van der Waals surface area contributed by atoms with Gasteiger partial charge in [0.05, 0.1) is 21.7 Å². The Balaban J connectivity index is 1.43. The maximum absolute atomic E-state index is 12.8. The van der Waals surface area contributed by atoms with Gasteiger partial charge in [-0.05, 0) is 49.4 Å². The number of aromatic nitrogens is 1. The molecule has 158 valence electrons. The van der Waals surface area contributed by atoms with E-state index in [1.165, 1.54) is 17.6 Å². The zero-order valence-electron chi connectivity index (χ0n) is 16.9. The van der Waals surface area contributed by atoms with Crippen LogP contribution in [-0.2, 0) is 9.84 Å². The summed E-state index contributed by atoms with van der Waals surface area (Å²) >= 11 is 1.48. The van der Waals surface area contributed by atoms with Crippen molar-refractivity contribution in [3.8, 4) is 5.75 Å². The normalized spacial score (nSPS) is 14.9. The first-order valence-corrected chi connectivity index (χ1v) is 12.4. The lowest BCUT2D eigenvalue weighted by atomic mass is 10.1. The summed E-state index contributed by atoms with van der Waals surface area (Å²) in [6.07, 6.45) is 1.21. The van der Waals surface area contributed by atoms with Gasteiger partial charge in [0.15, 0.2) is 15.0 Å². The quantitative estimate of drug-likeness (QED) is 0.601. The Morgan fingerprint density at radius 1 is 1.10 bits per heavy atom. The molecule has 1 saturated heterocycles. The molecule has 1 aliphatic rings. The van der Waals surface area contributed by atoms with Gasteiger partial charge in [0.1, 0.15) is 5.75 Å². The summed E-state index contributed by atoms with van der Waals surface area (Å²) in [5.74, 6) is 0.772. The Morgan fingerprint density at radius 2 is 1.80 bits per heavy atom. The summed E-state index contributed by atoms with van der Waals surface area (Å²) in [5, 5.41) is 0.851. The van der Waals surface area contributed by atoms with Crippen molar-refractivity contribution in [3.05, 3.63) is 48.0 Å². The van der Waals surface area contributed by atoms with Crippen LogP contribution in [0.15, 0.2) is 47.4 Å². The van der Waals surface area contributed by atoms with Crippen LogP contribution in [0.25, 0.3) is 10.2 Å². The molecule has 7 nitrogen and oxygen atoms in total. The zero-order valence-corrected chi connectivity index (χ0v) is 18.5. The molecule has 0 spiro atoms. The third-order valence-electron chi connectivity index (χ3n) is 5.03. The first-order chi connectivity index (χ1) is 14.3. The van der Waals surface area contributed by atoms with Crippen LogP contribution in [0.1, 0.15) is 17.3 Å². The molecule has 9 heteroatoms. The van der Waals surface area contributed by atoms with Gasteiger partial charge < -0.3 is 14.5 Å². The molecule has 1 fully saturated rings. The van der Waals surface area contributed by atoms with Crippen molar-refractivity contribution in [1.82, 2.24) is 9.88 Å². The second kappa shape index (κ2) is 8.23. The van der Waals surface area contributed by atoms with Crippen LogP contribution in [-0.4, -0.2) is 63.3 Å². The molecular weight excluding hydrogens is 422 g/mol. The number of thiazole rings is 1. The Hall–Kier alpha value is -2.65. The maximum atomic E-state index is 12.8. The number of carbonyl (C=O) groups is 1. The molecule has 4 rings (SSSR count). The van der Waals surface area contributed by atoms with Gasteiger partial charge in [-0.3, -0.25) is 4.79 Å². The highest BCUT2D eigenvalue weighted by Crippen LogP contribution is 2.31. The summed E-state index contributed by atoms with van der Waals surface area (Å²) in [6.45, 7) is 5.10. The molecule has 0 N–H and O–H groups in total. The smallest absolute Gasteiger partial charge is 0.253 e. The van der Waals surface area contributed by atoms with Crippen molar-refractivity contribution in [1.29, 1.82) is 0 Å². The summed E-state index contributed by atoms with van der Waals surface area (Å²) in [4.78, 5) is 21.7. The van der Waals surface area contributed by atoms with E-state index in [2.05, 4.69) is 9.88 Å². The number of carbonyl (C=O) groups excluding carboxylic acids is 1. The van der Waals surface area contributed by atoms with Crippen molar-refractivity contribution in [3.63, 3.8) is 0 Å². The molecule has 1 aromatic heterocycles. The van der Waals surface area contributed by atoms with Crippen LogP contribution < -0.4 is 9.64 Å². The van der Waals surface area contributed by atoms with E-state index in [1.54, 1.807) is 30.3 Å². The molecule has 0 atom stereocenters. The highest BCUT2D eigenvalue weighted by Gasteiger charge is 2.24. The molecule has 3 aromatic rings. The van der Waals surface area contributed by atoms with Gasteiger partial charge in [-0.1, -0.05) is 11.3 Å². The fraction of sp³-hybridized carbons (Fsp3) is 0.333. The highest BCUT2D eigenvalue weighted by atomic mass is 32.2. The molecule has 2 heterocycles. The van der Waals surface area contributed by atoms with Crippen molar-refractivity contribution in [2.24, 2.45) is 0 Å². The minimum absolute atomic E-state index is 0.0137.